The zero-order valence-corrected chi connectivity index (χ0v) is 12.1. The lowest BCUT2D eigenvalue weighted by molar-refractivity contribution is 0.0877. The highest BCUT2D eigenvalue weighted by atomic mass is 19.1. The fourth-order valence-corrected chi connectivity index (χ4v) is 2.31. The van der Waals surface area contributed by atoms with Crippen LogP contribution in [0.5, 0.6) is 0 Å². The van der Waals surface area contributed by atoms with Crippen molar-refractivity contribution in [1.29, 1.82) is 0 Å². The second-order valence-electron chi connectivity index (χ2n) is 5.19. The SMILES string of the molecule is C#CC(O)(CCCC)c1ccc(-c2ccc(F)cc2)cc1. The van der Waals surface area contributed by atoms with Crippen molar-refractivity contribution in [2.75, 3.05) is 0 Å². The summed E-state index contributed by atoms with van der Waals surface area (Å²) in [6.07, 6.45) is 7.91. The third-order valence-electron chi connectivity index (χ3n) is 3.67. The highest BCUT2D eigenvalue weighted by Crippen LogP contribution is 2.29. The molecule has 0 fully saturated rings. The summed E-state index contributed by atoms with van der Waals surface area (Å²) in [6.45, 7) is 2.06. The van der Waals surface area contributed by atoms with Crippen molar-refractivity contribution in [3.05, 3.63) is 59.9 Å². The lowest BCUT2D eigenvalue weighted by atomic mass is 9.88. The largest absolute Gasteiger partial charge is 0.373 e. The predicted octanol–water partition coefficient (Wildman–Crippen LogP) is 4.50. The van der Waals surface area contributed by atoms with Crippen LogP contribution in [-0.4, -0.2) is 5.11 Å². The lowest BCUT2D eigenvalue weighted by Crippen LogP contribution is -2.23. The summed E-state index contributed by atoms with van der Waals surface area (Å²) in [4.78, 5) is 0. The molecule has 2 rings (SSSR count). The maximum atomic E-state index is 12.9. The highest BCUT2D eigenvalue weighted by molar-refractivity contribution is 5.63. The molecule has 0 aliphatic heterocycles. The molecule has 0 aromatic heterocycles. The molecule has 0 aliphatic carbocycles. The maximum Gasteiger partial charge on any atom is 0.150 e. The number of unbranched alkanes of at least 4 members (excludes halogenated alkanes) is 1. The van der Waals surface area contributed by atoms with E-state index in [2.05, 4.69) is 12.8 Å². The van der Waals surface area contributed by atoms with Gasteiger partial charge < -0.3 is 5.11 Å². The molecule has 0 radical (unpaired) electrons. The molecule has 1 atom stereocenters. The molecule has 1 nitrogen and oxygen atoms in total. The van der Waals surface area contributed by atoms with Gasteiger partial charge in [-0.05, 0) is 41.7 Å². The summed E-state index contributed by atoms with van der Waals surface area (Å²) in [5.41, 5.74) is 1.41. The molecule has 0 saturated heterocycles. The molecule has 0 spiro atoms. The molecule has 0 heterocycles. The molecule has 1 unspecified atom stereocenters. The van der Waals surface area contributed by atoms with E-state index in [1.807, 2.05) is 24.3 Å². The van der Waals surface area contributed by atoms with Gasteiger partial charge in [0.15, 0.2) is 5.60 Å². The fourth-order valence-electron chi connectivity index (χ4n) is 2.31. The molecule has 0 saturated carbocycles. The fraction of sp³-hybridized carbons (Fsp3) is 0.263. The maximum absolute atomic E-state index is 12.9. The first kappa shape index (κ1) is 15.3. The number of hydrogen-bond donors (Lipinski definition) is 1. The van der Waals surface area contributed by atoms with E-state index in [-0.39, 0.29) is 5.82 Å². The number of terminal acetylenes is 1. The monoisotopic (exact) mass is 282 g/mol. The van der Waals surface area contributed by atoms with E-state index in [0.717, 1.165) is 29.5 Å². The van der Waals surface area contributed by atoms with Crippen LogP contribution in [0.15, 0.2) is 48.5 Å². The van der Waals surface area contributed by atoms with Crippen LogP contribution in [-0.2, 0) is 5.60 Å². The van der Waals surface area contributed by atoms with Crippen LogP contribution < -0.4 is 0 Å². The number of aliphatic hydroxyl groups is 1. The first-order chi connectivity index (χ1) is 10.1. The minimum absolute atomic E-state index is 0.253. The quantitative estimate of drug-likeness (QED) is 0.800. The second kappa shape index (κ2) is 6.56. The first-order valence-corrected chi connectivity index (χ1v) is 7.15. The molecule has 1 N–H and O–H groups in total. The minimum atomic E-state index is -1.21. The lowest BCUT2D eigenvalue weighted by Gasteiger charge is -2.22. The van der Waals surface area contributed by atoms with Crippen molar-refractivity contribution in [3.63, 3.8) is 0 Å². The van der Waals surface area contributed by atoms with Gasteiger partial charge >= 0.3 is 0 Å². The van der Waals surface area contributed by atoms with Crippen molar-refractivity contribution in [2.45, 2.75) is 31.8 Å². The molecule has 0 aliphatic rings. The van der Waals surface area contributed by atoms with Gasteiger partial charge in [0, 0.05) is 0 Å². The van der Waals surface area contributed by atoms with Crippen molar-refractivity contribution in [2.24, 2.45) is 0 Å². The molecular formula is C19H19FO. The molecule has 2 heteroatoms. The van der Waals surface area contributed by atoms with E-state index in [1.165, 1.54) is 12.1 Å². The standard InChI is InChI=1S/C19H19FO/c1-3-5-14-19(21,4-2)17-10-6-15(7-11-17)16-8-12-18(20)13-9-16/h2,6-13,21H,3,5,14H2,1H3. The Morgan fingerprint density at radius 1 is 1.05 bits per heavy atom. The second-order valence-corrected chi connectivity index (χ2v) is 5.19. The van der Waals surface area contributed by atoms with Crippen LogP contribution in [0.3, 0.4) is 0 Å². The van der Waals surface area contributed by atoms with Crippen LogP contribution in [0.25, 0.3) is 11.1 Å². The Morgan fingerprint density at radius 2 is 1.57 bits per heavy atom. The van der Waals surface area contributed by atoms with Gasteiger partial charge in [-0.1, -0.05) is 55.7 Å². The third kappa shape index (κ3) is 3.51. The molecule has 0 bridgehead atoms. The minimum Gasteiger partial charge on any atom is -0.373 e. The summed E-state index contributed by atoms with van der Waals surface area (Å²) >= 11 is 0. The molecule has 2 aromatic rings. The topological polar surface area (TPSA) is 20.2 Å². The average Bonchev–Trinajstić information content (AvgIpc) is 2.53. The number of rotatable bonds is 5. The van der Waals surface area contributed by atoms with Gasteiger partial charge in [0.1, 0.15) is 5.82 Å². The van der Waals surface area contributed by atoms with Gasteiger partial charge in [-0.25, -0.2) is 4.39 Å². The Bertz CT molecular complexity index is 622. The van der Waals surface area contributed by atoms with E-state index >= 15 is 0 Å². The Hall–Kier alpha value is -2.11. The normalized spacial score (nSPS) is 13.4. The van der Waals surface area contributed by atoms with Crippen molar-refractivity contribution >= 4 is 0 Å². The Morgan fingerprint density at radius 3 is 2.05 bits per heavy atom. The number of benzene rings is 2. The summed E-state index contributed by atoms with van der Waals surface area (Å²) in [7, 11) is 0. The van der Waals surface area contributed by atoms with Crippen molar-refractivity contribution in [3.8, 4) is 23.5 Å². The van der Waals surface area contributed by atoms with Gasteiger partial charge in [0.05, 0.1) is 0 Å². The van der Waals surface area contributed by atoms with Gasteiger partial charge in [-0.3, -0.25) is 0 Å². The van der Waals surface area contributed by atoms with Crippen LogP contribution >= 0.6 is 0 Å². The molecular weight excluding hydrogens is 263 g/mol. The van der Waals surface area contributed by atoms with Crippen LogP contribution in [0, 0.1) is 18.2 Å². The summed E-state index contributed by atoms with van der Waals surface area (Å²) in [5.74, 6) is 2.25. The Kier molecular flexibility index (Phi) is 4.77. The molecule has 0 amide bonds. The van der Waals surface area contributed by atoms with Crippen molar-refractivity contribution in [1.82, 2.24) is 0 Å². The van der Waals surface area contributed by atoms with Gasteiger partial charge in [0.2, 0.25) is 0 Å². The molecule has 21 heavy (non-hydrogen) atoms. The van der Waals surface area contributed by atoms with Gasteiger partial charge in [-0.2, -0.15) is 0 Å². The Balaban J connectivity index is 2.26. The molecule has 2 aromatic carbocycles. The summed E-state index contributed by atoms with van der Waals surface area (Å²) in [6, 6.07) is 13.8. The number of halogens is 1. The smallest absolute Gasteiger partial charge is 0.150 e. The van der Waals surface area contributed by atoms with Crippen molar-refractivity contribution < 1.29 is 9.50 Å². The van der Waals surface area contributed by atoms with Crippen LogP contribution in [0.4, 0.5) is 4.39 Å². The first-order valence-electron chi connectivity index (χ1n) is 7.15. The van der Waals surface area contributed by atoms with E-state index in [4.69, 9.17) is 6.42 Å². The van der Waals surface area contributed by atoms with Crippen LogP contribution in [0.1, 0.15) is 31.7 Å². The van der Waals surface area contributed by atoms with Gasteiger partial charge in [-0.15, -0.1) is 6.42 Å². The van der Waals surface area contributed by atoms with E-state index < -0.39 is 5.60 Å². The summed E-state index contributed by atoms with van der Waals surface area (Å²) in [5, 5.41) is 10.5. The zero-order chi connectivity index (χ0) is 15.3. The predicted molar refractivity (Wildman–Crippen MR) is 84.1 cm³/mol. The highest BCUT2D eigenvalue weighted by Gasteiger charge is 2.25. The molecule has 108 valence electrons. The Labute approximate surface area is 125 Å². The third-order valence-corrected chi connectivity index (χ3v) is 3.67. The zero-order valence-electron chi connectivity index (χ0n) is 12.1. The number of hydrogen-bond acceptors (Lipinski definition) is 1. The summed E-state index contributed by atoms with van der Waals surface area (Å²) < 4.78 is 12.9. The average molecular weight is 282 g/mol. The van der Waals surface area contributed by atoms with Crippen LogP contribution in [0.2, 0.25) is 0 Å². The van der Waals surface area contributed by atoms with E-state index in [0.29, 0.717) is 6.42 Å². The van der Waals surface area contributed by atoms with E-state index in [9.17, 15) is 9.50 Å². The van der Waals surface area contributed by atoms with E-state index in [1.54, 1.807) is 12.1 Å². The van der Waals surface area contributed by atoms with Gasteiger partial charge in [0.25, 0.3) is 0 Å².